The summed E-state index contributed by atoms with van der Waals surface area (Å²) in [5.74, 6) is 0. The van der Waals surface area contributed by atoms with Gasteiger partial charge in [-0.25, -0.2) is 0 Å². The van der Waals surface area contributed by atoms with Crippen LogP contribution in [0.5, 0.6) is 0 Å². The number of pyridine rings is 1. The van der Waals surface area contributed by atoms with Crippen molar-refractivity contribution in [3.05, 3.63) is 77.5 Å². The second-order valence-corrected chi connectivity index (χ2v) is 5.65. The SMILES string of the molecule is Cc1cccc(-c2ncccc2-c2ccc3c(c2)C=NC3)c1. The van der Waals surface area contributed by atoms with Crippen molar-refractivity contribution in [1.29, 1.82) is 0 Å². The fourth-order valence-electron chi connectivity index (χ4n) is 2.93. The predicted octanol–water partition coefficient (Wildman–Crippen LogP) is 4.66. The molecule has 1 aliphatic rings. The fourth-order valence-corrected chi connectivity index (χ4v) is 2.93. The molecular formula is C20H16N2. The highest BCUT2D eigenvalue weighted by Gasteiger charge is 2.12. The molecule has 1 aromatic heterocycles. The van der Waals surface area contributed by atoms with Gasteiger partial charge in [-0.2, -0.15) is 0 Å². The molecule has 0 saturated carbocycles. The van der Waals surface area contributed by atoms with Crippen LogP contribution in [-0.4, -0.2) is 11.2 Å². The average molecular weight is 284 g/mol. The van der Waals surface area contributed by atoms with Gasteiger partial charge in [0.05, 0.1) is 12.2 Å². The lowest BCUT2D eigenvalue weighted by Gasteiger charge is -2.10. The molecule has 0 atom stereocenters. The lowest BCUT2D eigenvalue weighted by molar-refractivity contribution is 1.11. The molecule has 2 nitrogen and oxygen atoms in total. The number of aromatic nitrogens is 1. The highest BCUT2D eigenvalue weighted by molar-refractivity contribution is 5.89. The van der Waals surface area contributed by atoms with Crippen molar-refractivity contribution in [1.82, 2.24) is 4.98 Å². The minimum atomic E-state index is 0.799. The molecule has 2 aromatic carbocycles. The van der Waals surface area contributed by atoms with Crippen LogP contribution >= 0.6 is 0 Å². The molecule has 0 radical (unpaired) electrons. The lowest BCUT2D eigenvalue weighted by atomic mass is 9.96. The Hall–Kier alpha value is -2.74. The minimum Gasteiger partial charge on any atom is -0.288 e. The number of aliphatic imine (C=N–C) groups is 1. The summed E-state index contributed by atoms with van der Waals surface area (Å²) in [6.07, 6.45) is 3.82. The molecule has 0 bridgehead atoms. The number of aryl methyl sites for hydroxylation is 1. The van der Waals surface area contributed by atoms with E-state index in [2.05, 4.69) is 65.4 Å². The van der Waals surface area contributed by atoms with Crippen LogP contribution in [0.3, 0.4) is 0 Å². The standard InChI is InChI=1S/C20H16N2/c1-14-4-2-5-16(10-14)20-19(6-3-9-22-20)15-7-8-17-12-21-13-18(17)11-15/h2-11,13H,12H2,1H3. The van der Waals surface area contributed by atoms with Crippen LogP contribution in [0.2, 0.25) is 0 Å². The van der Waals surface area contributed by atoms with Crippen molar-refractivity contribution >= 4 is 6.21 Å². The van der Waals surface area contributed by atoms with Crippen molar-refractivity contribution in [2.45, 2.75) is 13.5 Å². The molecule has 0 saturated heterocycles. The Labute approximate surface area is 130 Å². The maximum Gasteiger partial charge on any atom is 0.0780 e. The van der Waals surface area contributed by atoms with Gasteiger partial charge in [0.1, 0.15) is 0 Å². The number of hydrogen-bond donors (Lipinski definition) is 0. The van der Waals surface area contributed by atoms with E-state index in [9.17, 15) is 0 Å². The Morgan fingerprint density at radius 3 is 2.77 bits per heavy atom. The van der Waals surface area contributed by atoms with E-state index in [0.29, 0.717) is 0 Å². The summed E-state index contributed by atoms with van der Waals surface area (Å²) >= 11 is 0. The normalized spacial score (nSPS) is 12.4. The fraction of sp³-hybridized carbons (Fsp3) is 0.100. The van der Waals surface area contributed by atoms with E-state index < -0.39 is 0 Å². The monoisotopic (exact) mass is 284 g/mol. The first-order chi connectivity index (χ1) is 10.8. The number of hydrogen-bond acceptors (Lipinski definition) is 2. The van der Waals surface area contributed by atoms with Crippen molar-refractivity contribution in [3.8, 4) is 22.4 Å². The van der Waals surface area contributed by atoms with Gasteiger partial charge in [0.2, 0.25) is 0 Å². The Morgan fingerprint density at radius 2 is 1.86 bits per heavy atom. The maximum atomic E-state index is 4.63. The Bertz CT molecular complexity index is 878. The smallest absolute Gasteiger partial charge is 0.0780 e. The number of rotatable bonds is 2. The Balaban J connectivity index is 1.88. The topological polar surface area (TPSA) is 25.2 Å². The highest BCUT2D eigenvalue weighted by atomic mass is 14.7. The third-order valence-electron chi connectivity index (χ3n) is 4.05. The van der Waals surface area contributed by atoms with Crippen LogP contribution in [0, 0.1) is 6.92 Å². The zero-order chi connectivity index (χ0) is 14.9. The van der Waals surface area contributed by atoms with Gasteiger partial charge in [-0.15, -0.1) is 0 Å². The van der Waals surface area contributed by atoms with Gasteiger partial charge in [-0.3, -0.25) is 9.98 Å². The number of fused-ring (bicyclic) bond motifs is 1. The summed E-state index contributed by atoms with van der Waals surface area (Å²) in [5.41, 5.74) is 8.30. The summed E-state index contributed by atoms with van der Waals surface area (Å²) in [5, 5.41) is 0. The minimum absolute atomic E-state index is 0.799. The van der Waals surface area contributed by atoms with Gasteiger partial charge in [-0.1, -0.05) is 42.0 Å². The molecule has 0 aliphatic carbocycles. The molecular weight excluding hydrogens is 268 g/mol. The molecule has 3 aromatic rings. The van der Waals surface area contributed by atoms with Gasteiger partial charge < -0.3 is 0 Å². The molecule has 106 valence electrons. The van der Waals surface area contributed by atoms with Gasteiger partial charge in [0.25, 0.3) is 0 Å². The van der Waals surface area contributed by atoms with Gasteiger partial charge in [-0.05, 0) is 41.8 Å². The molecule has 2 heteroatoms. The molecule has 2 heterocycles. The zero-order valence-corrected chi connectivity index (χ0v) is 12.5. The largest absolute Gasteiger partial charge is 0.288 e. The molecule has 0 amide bonds. The first kappa shape index (κ1) is 13.0. The van der Waals surface area contributed by atoms with Crippen molar-refractivity contribution in [3.63, 3.8) is 0 Å². The Morgan fingerprint density at radius 1 is 0.909 bits per heavy atom. The summed E-state index contributed by atoms with van der Waals surface area (Å²) in [6, 6.07) is 19.2. The zero-order valence-electron chi connectivity index (χ0n) is 12.5. The predicted molar refractivity (Wildman–Crippen MR) is 91.1 cm³/mol. The second kappa shape index (κ2) is 5.23. The van der Waals surface area contributed by atoms with Crippen LogP contribution in [0.25, 0.3) is 22.4 Å². The van der Waals surface area contributed by atoms with Gasteiger partial charge in [0, 0.05) is 23.5 Å². The van der Waals surface area contributed by atoms with Crippen LogP contribution in [0.1, 0.15) is 16.7 Å². The third kappa shape index (κ3) is 2.23. The molecule has 0 fully saturated rings. The van der Waals surface area contributed by atoms with Crippen LogP contribution in [0.15, 0.2) is 65.8 Å². The molecule has 1 aliphatic heterocycles. The van der Waals surface area contributed by atoms with E-state index in [1.807, 2.05) is 18.5 Å². The summed E-state index contributed by atoms with van der Waals surface area (Å²) < 4.78 is 0. The van der Waals surface area contributed by atoms with Gasteiger partial charge >= 0.3 is 0 Å². The van der Waals surface area contributed by atoms with E-state index in [4.69, 9.17) is 0 Å². The third-order valence-corrected chi connectivity index (χ3v) is 4.05. The summed E-state index contributed by atoms with van der Waals surface area (Å²) in [7, 11) is 0. The molecule has 4 rings (SSSR count). The van der Waals surface area contributed by atoms with Crippen molar-refractivity contribution < 1.29 is 0 Å². The van der Waals surface area contributed by atoms with E-state index in [1.54, 1.807) is 0 Å². The number of benzene rings is 2. The highest BCUT2D eigenvalue weighted by Crippen LogP contribution is 2.32. The molecule has 22 heavy (non-hydrogen) atoms. The van der Waals surface area contributed by atoms with Crippen molar-refractivity contribution in [2.24, 2.45) is 4.99 Å². The first-order valence-corrected chi connectivity index (χ1v) is 7.46. The van der Waals surface area contributed by atoms with Gasteiger partial charge in [0.15, 0.2) is 0 Å². The number of nitrogens with zero attached hydrogens (tertiary/aromatic N) is 2. The lowest BCUT2D eigenvalue weighted by Crippen LogP contribution is -1.91. The van der Waals surface area contributed by atoms with E-state index in [0.717, 1.165) is 23.4 Å². The second-order valence-electron chi connectivity index (χ2n) is 5.65. The van der Waals surface area contributed by atoms with Crippen molar-refractivity contribution in [2.75, 3.05) is 0 Å². The van der Waals surface area contributed by atoms with Crippen LogP contribution in [-0.2, 0) is 6.54 Å². The van der Waals surface area contributed by atoms with Crippen LogP contribution in [0.4, 0.5) is 0 Å². The van der Waals surface area contributed by atoms with E-state index in [1.165, 1.54) is 22.3 Å². The Kier molecular flexibility index (Phi) is 3.08. The van der Waals surface area contributed by atoms with E-state index >= 15 is 0 Å². The molecule has 0 spiro atoms. The maximum absolute atomic E-state index is 4.63. The quantitative estimate of drug-likeness (QED) is 0.672. The first-order valence-electron chi connectivity index (χ1n) is 7.46. The summed E-state index contributed by atoms with van der Waals surface area (Å²) in [6.45, 7) is 2.91. The molecule has 0 unspecified atom stereocenters. The van der Waals surface area contributed by atoms with E-state index in [-0.39, 0.29) is 0 Å². The van der Waals surface area contributed by atoms with Crippen LogP contribution < -0.4 is 0 Å². The summed E-state index contributed by atoms with van der Waals surface area (Å²) in [4.78, 5) is 8.96. The average Bonchev–Trinajstić information content (AvgIpc) is 3.02. The molecule has 0 N–H and O–H groups in total.